The van der Waals surface area contributed by atoms with Crippen LogP contribution in [-0.4, -0.2) is 18.7 Å². The smallest absolute Gasteiger partial charge is 0.244 e. The van der Waals surface area contributed by atoms with E-state index in [-0.39, 0.29) is 12.3 Å². The van der Waals surface area contributed by atoms with Crippen LogP contribution in [0.15, 0.2) is 59.7 Å². The third kappa shape index (κ3) is 7.20. The predicted molar refractivity (Wildman–Crippen MR) is 141 cm³/mol. The van der Waals surface area contributed by atoms with E-state index in [0.29, 0.717) is 29.7 Å². The summed E-state index contributed by atoms with van der Waals surface area (Å²) in [7, 11) is 0. The van der Waals surface area contributed by atoms with Crippen LogP contribution in [0.25, 0.3) is 0 Å². The van der Waals surface area contributed by atoms with Gasteiger partial charge >= 0.3 is 0 Å². The molecule has 0 spiro atoms. The van der Waals surface area contributed by atoms with Gasteiger partial charge in [-0.05, 0) is 83.8 Å². The number of nitrogens with one attached hydrogen (secondary N) is 1. The van der Waals surface area contributed by atoms with Gasteiger partial charge in [0.05, 0.1) is 22.8 Å². The Hall–Kier alpha value is -2.58. The molecule has 172 valence electrons. The van der Waals surface area contributed by atoms with Crippen LogP contribution < -0.4 is 14.9 Å². The zero-order valence-electron chi connectivity index (χ0n) is 18.8. The van der Waals surface area contributed by atoms with E-state index in [1.807, 2.05) is 68.4 Å². The maximum Gasteiger partial charge on any atom is 0.244 e. The number of hydrogen-bond donors (Lipinski definition) is 1. The van der Waals surface area contributed by atoms with Crippen molar-refractivity contribution in [1.82, 2.24) is 5.43 Å². The Balaban J connectivity index is 1.67. The summed E-state index contributed by atoms with van der Waals surface area (Å²) in [6.07, 6.45) is 1.87. The quantitative estimate of drug-likeness (QED) is 0.187. The Labute approximate surface area is 213 Å². The van der Waals surface area contributed by atoms with Crippen LogP contribution in [0.3, 0.4) is 0 Å². The monoisotopic (exact) mass is 576 g/mol. The molecule has 0 saturated carbocycles. The average Bonchev–Trinajstić information content (AvgIpc) is 2.77. The van der Waals surface area contributed by atoms with E-state index in [1.54, 1.807) is 6.21 Å². The number of amides is 1. The molecule has 7 heteroatoms. The van der Waals surface area contributed by atoms with Gasteiger partial charge in [0.1, 0.15) is 6.61 Å². The highest BCUT2D eigenvalue weighted by Crippen LogP contribution is 2.35. The minimum atomic E-state index is -0.172. The van der Waals surface area contributed by atoms with Crippen molar-refractivity contribution in [1.29, 1.82) is 0 Å². The minimum absolute atomic E-state index is 0.172. The summed E-state index contributed by atoms with van der Waals surface area (Å²) in [6, 6.07) is 17.3. The lowest BCUT2D eigenvalue weighted by molar-refractivity contribution is -0.120. The van der Waals surface area contributed by atoms with E-state index in [1.165, 1.54) is 11.1 Å². The molecule has 0 aliphatic carbocycles. The molecular weight excluding hydrogens is 551 g/mol. The lowest BCUT2D eigenvalue weighted by Gasteiger charge is -2.15. The maximum absolute atomic E-state index is 12.3. The highest BCUT2D eigenvalue weighted by molar-refractivity contribution is 14.1. The molecule has 3 aromatic rings. The van der Waals surface area contributed by atoms with Crippen molar-refractivity contribution in [3.05, 3.63) is 91.0 Å². The molecule has 0 saturated heterocycles. The fourth-order valence-electron chi connectivity index (χ4n) is 3.15. The van der Waals surface area contributed by atoms with Crippen LogP contribution in [0.2, 0.25) is 5.02 Å². The number of benzene rings is 3. The molecule has 3 rings (SSSR count). The van der Waals surface area contributed by atoms with Crippen LogP contribution in [0.4, 0.5) is 0 Å². The van der Waals surface area contributed by atoms with E-state index in [2.05, 4.69) is 40.0 Å². The molecule has 0 heterocycles. The molecule has 33 heavy (non-hydrogen) atoms. The molecule has 3 aromatic carbocycles. The summed E-state index contributed by atoms with van der Waals surface area (Å²) >= 11 is 8.44. The summed E-state index contributed by atoms with van der Waals surface area (Å²) in [5.74, 6) is 1.08. The third-order valence-corrected chi connectivity index (χ3v) is 6.17. The average molecular weight is 577 g/mol. The van der Waals surface area contributed by atoms with Gasteiger partial charge in [0.2, 0.25) is 5.91 Å². The summed E-state index contributed by atoms with van der Waals surface area (Å²) < 4.78 is 12.7. The van der Waals surface area contributed by atoms with Crippen molar-refractivity contribution in [2.75, 3.05) is 6.61 Å². The first kappa shape index (κ1) is 25.1. The number of carbonyl (C=O) groups is 1. The minimum Gasteiger partial charge on any atom is -0.490 e. The number of carbonyl (C=O) groups excluding carboxylic acids is 1. The van der Waals surface area contributed by atoms with Crippen LogP contribution in [0.5, 0.6) is 11.5 Å². The molecule has 1 amide bonds. The van der Waals surface area contributed by atoms with Gasteiger partial charge in [0, 0.05) is 10.6 Å². The van der Waals surface area contributed by atoms with Gasteiger partial charge in [0.25, 0.3) is 0 Å². The second-order valence-corrected chi connectivity index (χ2v) is 9.10. The number of hydrazone groups is 1. The molecule has 0 aliphatic heterocycles. The first-order chi connectivity index (χ1) is 15.9. The SMILES string of the molecule is CCOc1cc(C=NNC(=O)Cc2ccc(C)c(C)c2)cc(I)c1OCc1ccccc1Cl. The second-order valence-electron chi connectivity index (χ2n) is 7.53. The number of nitrogens with zero attached hydrogens (tertiary/aromatic N) is 1. The van der Waals surface area contributed by atoms with E-state index in [0.717, 1.165) is 20.3 Å². The number of halogens is 2. The third-order valence-electron chi connectivity index (χ3n) is 5.00. The Morgan fingerprint density at radius 3 is 2.61 bits per heavy atom. The standard InChI is InChI=1S/C26H26ClIN2O3/c1-4-32-24-13-20(12-23(28)26(24)33-16-21-7-5-6-8-22(21)27)15-29-30-25(31)14-19-10-9-17(2)18(3)11-19/h5-13,15H,4,14,16H2,1-3H3,(H,30,31). The van der Waals surface area contributed by atoms with Gasteiger partial charge in [-0.15, -0.1) is 0 Å². The van der Waals surface area contributed by atoms with Gasteiger partial charge < -0.3 is 9.47 Å². The summed E-state index contributed by atoms with van der Waals surface area (Å²) in [5.41, 5.74) is 7.61. The van der Waals surface area contributed by atoms with E-state index in [4.69, 9.17) is 21.1 Å². The molecule has 1 N–H and O–H groups in total. The van der Waals surface area contributed by atoms with E-state index in [9.17, 15) is 4.79 Å². The Morgan fingerprint density at radius 1 is 1.09 bits per heavy atom. The zero-order chi connectivity index (χ0) is 23.8. The zero-order valence-corrected chi connectivity index (χ0v) is 21.7. The van der Waals surface area contributed by atoms with Crippen molar-refractivity contribution >= 4 is 46.3 Å². The van der Waals surface area contributed by atoms with E-state index >= 15 is 0 Å². The molecule has 0 bridgehead atoms. The van der Waals surface area contributed by atoms with Crippen molar-refractivity contribution in [2.24, 2.45) is 5.10 Å². The summed E-state index contributed by atoms with van der Waals surface area (Å²) in [6.45, 7) is 6.82. The predicted octanol–water partition coefficient (Wildman–Crippen LogP) is 6.23. The number of rotatable bonds is 9. The molecule has 0 radical (unpaired) electrons. The topological polar surface area (TPSA) is 59.9 Å². The Kier molecular flexibility index (Phi) is 9.14. The van der Waals surface area contributed by atoms with Crippen molar-refractivity contribution in [2.45, 2.75) is 33.8 Å². The van der Waals surface area contributed by atoms with Gasteiger partial charge in [0.15, 0.2) is 11.5 Å². The lowest BCUT2D eigenvalue weighted by atomic mass is 10.0. The first-order valence-corrected chi connectivity index (χ1v) is 12.0. The van der Waals surface area contributed by atoms with Gasteiger partial charge in [-0.1, -0.05) is 48.0 Å². The summed E-state index contributed by atoms with van der Waals surface area (Å²) in [5, 5.41) is 4.77. The summed E-state index contributed by atoms with van der Waals surface area (Å²) in [4.78, 5) is 12.3. The molecular formula is C26H26ClIN2O3. The second kappa shape index (κ2) is 12.0. The molecule has 0 fully saturated rings. The molecule has 0 aliphatic rings. The molecule has 0 aromatic heterocycles. The van der Waals surface area contributed by atoms with E-state index < -0.39 is 0 Å². The molecule has 5 nitrogen and oxygen atoms in total. The number of ether oxygens (including phenoxy) is 2. The van der Waals surface area contributed by atoms with Crippen molar-refractivity contribution in [3.63, 3.8) is 0 Å². The maximum atomic E-state index is 12.3. The fraction of sp³-hybridized carbons (Fsp3) is 0.231. The van der Waals surface area contributed by atoms with Crippen molar-refractivity contribution < 1.29 is 14.3 Å². The van der Waals surface area contributed by atoms with Crippen molar-refractivity contribution in [3.8, 4) is 11.5 Å². The molecule has 0 unspecified atom stereocenters. The number of aryl methyl sites for hydroxylation is 2. The highest BCUT2D eigenvalue weighted by atomic mass is 127. The fourth-order valence-corrected chi connectivity index (χ4v) is 4.12. The van der Waals surface area contributed by atoms with Gasteiger partial charge in [-0.25, -0.2) is 5.43 Å². The number of hydrogen-bond acceptors (Lipinski definition) is 4. The Morgan fingerprint density at radius 2 is 1.88 bits per heavy atom. The van der Waals surface area contributed by atoms with Crippen LogP contribution in [0.1, 0.15) is 34.7 Å². The largest absolute Gasteiger partial charge is 0.490 e. The van der Waals surface area contributed by atoms with Crippen LogP contribution in [0, 0.1) is 17.4 Å². The normalized spacial score (nSPS) is 10.9. The molecule has 0 atom stereocenters. The van der Waals surface area contributed by atoms with Crippen LogP contribution >= 0.6 is 34.2 Å². The highest BCUT2D eigenvalue weighted by Gasteiger charge is 2.13. The van der Waals surface area contributed by atoms with Crippen LogP contribution in [-0.2, 0) is 17.8 Å². The first-order valence-electron chi connectivity index (χ1n) is 10.6. The van der Waals surface area contributed by atoms with Gasteiger partial charge in [-0.2, -0.15) is 5.10 Å². The Bertz CT molecular complexity index is 1160. The van der Waals surface area contributed by atoms with Gasteiger partial charge in [-0.3, -0.25) is 4.79 Å². The lowest BCUT2D eigenvalue weighted by Crippen LogP contribution is -2.19.